The second-order valence-corrected chi connectivity index (χ2v) is 3.24. The molecule has 12 heavy (non-hydrogen) atoms. The molecule has 0 aliphatic carbocycles. The Balaban J connectivity index is 2.28. The van der Waals surface area contributed by atoms with Crippen molar-refractivity contribution < 1.29 is 4.79 Å². The minimum Gasteiger partial charge on any atom is -0.307 e. The van der Waals surface area contributed by atoms with Crippen molar-refractivity contribution >= 4 is 23.1 Å². The molecule has 1 atom stereocenters. The van der Waals surface area contributed by atoms with Crippen LogP contribution in [0.5, 0.6) is 0 Å². The lowest BCUT2D eigenvalue weighted by Gasteiger charge is -1.93. The van der Waals surface area contributed by atoms with Crippen molar-refractivity contribution in [1.29, 1.82) is 0 Å². The molecule has 2 rings (SSSR count). The number of amidine groups is 1. The van der Waals surface area contributed by atoms with Gasteiger partial charge in [-0.1, -0.05) is 0 Å². The fraction of sp³-hybridized carbons (Fsp3) is 0.286. The molecule has 0 bridgehead atoms. The highest BCUT2D eigenvalue weighted by Crippen LogP contribution is 2.07. The SMILES string of the molecule is CC1N=C(c2cscn2)NC1=O. The molecule has 1 N–H and O–H groups in total. The molecule has 1 amide bonds. The van der Waals surface area contributed by atoms with Crippen molar-refractivity contribution in [1.82, 2.24) is 10.3 Å². The number of nitrogens with one attached hydrogen (secondary N) is 1. The van der Waals surface area contributed by atoms with E-state index < -0.39 is 0 Å². The molecule has 0 saturated carbocycles. The lowest BCUT2D eigenvalue weighted by Crippen LogP contribution is -2.28. The highest BCUT2D eigenvalue weighted by molar-refractivity contribution is 7.07. The third-order valence-corrected chi connectivity index (χ3v) is 2.21. The fourth-order valence-electron chi connectivity index (χ4n) is 0.965. The molecule has 1 aromatic heterocycles. The number of amides is 1. The molecule has 0 fully saturated rings. The summed E-state index contributed by atoms with van der Waals surface area (Å²) in [5.74, 6) is 0.534. The number of carbonyl (C=O) groups excluding carboxylic acids is 1. The summed E-state index contributed by atoms with van der Waals surface area (Å²) >= 11 is 1.49. The van der Waals surface area contributed by atoms with Crippen LogP contribution in [0.1, 0.15) is 12.6 Å². The molecule has 1 aliphatic rings. The van der Waals surface area contributed by atoms with Gasteiger partial charge in [0.15, 0.2) is 5.84 Å². The van der Waals surface area contributed by atoms with Gasteiger partial charge >= 0.3 is 0 Å². The van der Waals surface area contributed by atoms with Crippen molar-refractivity contribution in [2.75, 3.05) is 0 Å². The fourth-order valence-corrected chi connectivity index (χ4v) is 1.50. The van der Waals surface area contributed by atoms with E-state index >= 15 is 0 Å². The van der Waals surface area contributed by atoms with Crippen molar-refractivity contribution in [2.45, 2.75) is 13.0 Å². The van der Waals surface area contributed by atoms with Crippen LogP contribution in [-0.2, 0) is 4.79 Å². The van der Waals surface area contributed by atoms with Gasteiger partial charge in [0.25, 0.3) is 0 Å². The topological polar surface area (TPSA) is 54.4 Å². The van der Waals surface area contributed by atoms with E-state index in [0.29, 0.717) is 5.84 Å². The molecule has 0 radical (unpaired) electrons. The molecule has 1 aliphatic heterocycles. The molecule has 0 aromatic carbocycles. The van der Waals surface area contributed by atoms with Crippen molar-refractivity contribution in [3.63, 3.8) is 0 Å². The van der Waals surface area contributed by atoms with Crippen LogP contribution in [-0.4, -0.2) is 22.8 Å². The number of hydrogen-bond acceptors (Lipinski definition) is 4. The highest BCUT2D eigenvalue weighted by Gasteiger charge is 2.23. The predicted molar refractivity (Wildman–Crippen MR) is 46.3 cm³/mol. The highest BCUT2D eigenvalue weighted by atomic mass is 32.1. The van der Waals surface area contributed by atoms with Crippen LogP contribution in [0.2, 0.25) is 0 Å². The molecule has 1 unspecified atom stereocenters. The number of aromatic nitrogens is 1. The molecule has 0 spiro atoms. The zero-order valence-corrected chi connectivity index (χ0v) is 7.26. The van der Waals surface area contributed by atoms with E-state index in [4.69, 9.17) is 0 Å². The molecule has 5 heteroatoms. The summed E-state index contributed by atoms with van der Waals surface area (Å²) < 4.78 is 0. The average Bonchev–Trinajstić information content (AvgIpc) is 2.61. The zero-order chi connectivity index (χ0) is 8.55. The standard InChI is InChI=1S/C7H7N3OS/c1-4-7(11)10-6(9-4)5-2-12-3-8-5/h2-4H,1H3,(H,9,10,11). The van der Waals surface area contributed by atoms with Crippen LogP contribution < -0.4 is 5.32 Å². The second kappa shape index (κ2) is 2.67. The Kier molecular flexibility index (Phi) is 1.65. The van der Waals surface area contributed by atoms with Gasteiger partial charge in [-0.15, -0.1) is 11.3 Å². The van der Waals surface area contributed by atoms with Gasteiger partial charge < -0.3 is 5.32 Å². The summed E-state index contributed by atoms with van der Waals surface area (Å²) in [5.41, 5.74) is 2.46. The first-order valence-corrected chi connectivity index (χ1v) is 4.49. The molecule has 1 aromatic rings. The number of aliphatic imine (C=N–C) groups is 1. The van der Waals surface area contributed by atoms with Crippen LogP contribution in [0, 0.1) is 0 Å². The Morgan fingerprint density at radius 3 is 3.00 bits per heavy atom. The lowest BCUT2D eigenvalue weighted by molar-refractivity contribution is -0.119. The smallest absolute Gasteiger partial charge is 0.250 e. The summed E-state index contributed by atoms with van der Waals surface area (Å²) in [6, 6.07) is -0.276. The van der Waals surface area contributed by atoms with Gasteiger partial charge in [-0.2, -0.15) is 0 Å². The maximum absolute atomic E-state index is 11.0. The molecular weight excluding hydrogens is 174 g/mol. The summed E-state index contributed by atoms with van der Waals surface area (Å²) in [4.78, 5) is 19.2. The Bertz CT molecular complexity index is 330. The minimum absolute atomic E-state index is 0.0574. The zero-order valence-electron chi connectivity index (χ0n) is 6.44. The number of thiazole rings is 1. The largest absolute Gasteiger partial charge is 0.307 e. The molecule has 4 nitrogen and oxygen atoms in total. The van der Waals surface area contributed by atoms with Gasteiger partial charge in [0.2, 0.25) is 5.91 Å². The first-order valence-electron chi connectivity index (χ1n) is 3.54. The Labute approximate surface area is 73.4 Å². The summed E-state index contributed by atoms with van der Waals surface area (Å²) in [6.45, 7) is 1.76. The molecule has 0 saturated heterocycles. The van der Waals surface area contributed by atoms with Gasteiger partial charge in [-0.3, -0.25) is 9.79 Å². The lowest BCUT2D eigenvalue weighted by atomic mass is 10.4. The van der Waals surface area contributed by atoms with Crippen LogP contribution in [0.15, 0.2) is 15.9 Å². The maximum Gasteiger partial charge on any atom is 0.250 e. The number of rotatable bonds is 1. The maximum atomic E-state index is 11.0. The Hall–Kier alpha value is -1.23. The monoisotopic (exact) mass is 181 g/mol. The minimum atomic E-state index is -0.276. The summed E-state index contributed by atoms with van der Waals surface area (Å²) in [5, 5.41) is 4.52. The van der Waals surface area contributed by atoms with Crippen LogP contribution in [0.25, 0.3) is 0 Å². The first-order chi connectivity index (χ1) is 5.77. The summed E-state index contributed by atoms with van der Waals surface area (Å²) in [6.07, 6.45) is 0. The first kappa shape index (κ1) is 7.42. The van der Waals surface area contributed by atoms with Crippen LogP contribution in [0.3, 0.4) is 0 Å². The van der Waals surface area contributed by atoms with Gasteiger partial charge in [0.1, 0.15) is 11.7 Å². The Morgan fingerprint density at radius 2 is 2.50 bits per heavy atom. The van der Waals surface area contributed by atoms with Gasteiger partial charge in [-0.25, -0.2) is 4.98 Å². The second-order valence-electron chi connectivity index (χ2n) is 2.52. The van der Waals surface area contributed by atoms with E-state index in [1.165, 1.54) is 11.3 Å². The van der Waals surface area contributed by atoms with E-state index in [0.717, 1.165) is 5.69 Å². The third-order valence-electron chi connectivity index (χ3n) is 1.62. The van der Waals surface area contributed by atoms with Crippen molar-refractivity contribution in [2.24, 2.45) is 4.99 Å². The third kappa shape index (κ3) is 1.12. The number of carbonyl (C=O) groups is 1. The normalized spacial score (nSPS) is 22.2. The molecule has 62 valence electrons. The Morgan fingerprint density at radius 1 is 1.67 bits per heavy atom. The predicted octanol–water partition coefficient (Wildman–Crippen LogP) is 0.408. The molecular formula is C7H7N3OS. The quantitative estimate of drug-likeness (QED) is 0.682. The van der Waals surface area contributed by atoms with Crippen LogP contribution >= 0.6 is 11.3 Å². The van der Waals surface area contributed by atoms with E-state index in [9.17, 15) is 4.79 Å². The van der Waals surface area contributed by atoms with Crippen LogP contribution in [0.4, 0.5) is 0 Å². The summed E-state index contributed by atoms with van der Waals surface area (Å²) in [7, 11) is 0. The number of nitrogens with zero attached hydrogens (tertiary/aromatic N) is 2. The van der Waals surface area contributed by atoms with Gasteiger partial charge in [0, 0.05) is 5.38 Å². The molecule has 2 heterocycles. The van der Waals surface area contributed by atoms with Crippen molar-refractivity contribution in [3.8, 4) is 0 Å². The van der Waals surface area contributed by atoms with E-state index in [-0.39, 0.29) is 11.9 Å². The van der Waals surface area contributed by atoms with E-state index in [1.807, 2.05) is 5.38 Å². The van der Waals surface area contributed by atoms with Gasteiger partial charge in [-0.05, 0) is 6.92 Å². The van der Waals surface area contributed by atoms with Crippen molar-refractivity contribution in [3.05, 3.63) is 16.6 Å². The average molecular weight is 181 g/mol. The van der Waals surface area contributed by atoms with E-state index in [1.54, 1.807) is 12.4 Å². The van der Waals surface area contributed by atoms with E-state index in [2.05, 4.69) is 15.3 Å². The number of hydrogen-bond donors (Lipinski definition) is 1. The van der Waals surface area contributed by atoms with Gasteiger partial charge in [0.05, 0.1) is 5.51 Å².